The SMILES string of the molecule is CN1C(=O)C(C)(C)[C@](C)(c2ccccc2NC(=O)C(O)C(F)(F)F)N=C1N. The van der Waals surface area contributed by atoms with Gasteiger partial charge in [-0.1, -0.05) is 18.2 Å². The largest absolute Gasteiger partial charge is 0.423 e. The van der Waals surface area contributed by atoms with Gasteiger partial charge in [-0.3, -0.25) is 14.5 Å². The summed E-state index contributed by atoms with van der Waals surface area (Å²) in [6.45, 7) is 4.87. The fourth-order valence-electron chi connectivity index (χ4n) is 2.94. The van der Waals surface area contributed by atoms with Crippen molar-refractivity contribution in [1.82, 2.24) is 4.90 Å². The molecule has 1 aromatic rings. The van der Waals surface area contributed by atoms with Crippen molar-refractivity contribution < 1.29 is 27.9 Å². The van der Waals surface area contributed by atoms with Crippen molar-refractivity contribution in [3.8, 4) is 0 Å². The van der Waals surface area contributed by atoms with Gasteiger partial charge in [0, 0.05) is 18.3 Å². The number of benzene rings is 1. The third-order valence-corrected chi connectivity index (χ3v) is 5.01. The van der Waals surface area contributed by atoms with Crippen molar-refractivity contribution in [1.29, 1.82) is 0 Å². The minimum atomic E-state index is -5.10. The second-order valence-corrected chi connectivity index (χ2v) is 7.01. The maximum atomic E-state index is 12.7. The molecule has 0 fully saturated rings. The smallest absolute Gasteiger partial charge is 0.376 e. The highest BCUT2D eigenvalue weighted by Crippen LogP contribution is 2.48. The van der Waals surface area contributed by atoms with E-state index < -0.39 is 29.1 Å². The maximum absolute atomic E-state index is 12.7. The molecule has 0 radical (unpaired) electrons. The van der Waals surface area contributed by atoms with E-state index in [9.17, 15) is 22.8 Å². The molecule has 0 bridgehead atoms. The summed E-state index contributed by atoms with van der Waals surface area (Å²) in [5.41, 5.74) is 3.74. The lowest BCUT2D eigenvalue weighted by atomic mass is 9.67. The Labute approximate surface area is 154 Å². The molecular formula is C17H21F3N4O3. The molecule has 10 heteroatoms. The van der Waals surface area contributed by atoms with Gasteiger partial charge in [0.05, 0.1) is 5.41 Å². The Balaban J connectivity index is 2.55. The zero-order valence-electron chi connectivity index (χ0n) is 15.3. The number of halogens is 3. The van der Waals surface area contributed by atoms with Crippen LogP contribution in [-0.4, -0.2) is 47.1 Å². The minimum absolute atomic E-state index is 0.00437. The van der Waals surface area contributed by atoms with Gasteiger partial charge in [-0.2, -0.15) is 13.2 Å². The number of rotatable bonds is 3. The number of carbonyl (C=O) groups excluding carboxylic acids is 2. The zero-order valence-corrected chi connectivity index (χ0v) is 15.3. The van der Waals surface area contributed by atoms with E-state index in [0.717, 1.165) is 0 Å². The number of alkyl halides is 3. The molecule has 1 heterocycles. The molecule has 2 rings (SSSR count). The summed E-state index contributed by atoms with van der Waals surface area (Å²) in [7, 11) is 1.47. The topological polar surface area (TPSA) is 108 Å². The number of guanidine groups is 1. The van der Waals surface area contributed by atoms with Crippen LogP contribution < -0.4 is 11.1 Å². The molecule has 1 aromatic carbocycles. The fraction of sp³-hybridized carbons (Fsp3) is 0.471. The average Bonchev–Trinajstić information content (AvgIpc) is 2.57. The van der Waals surface area contributed by atoms with Crippen molar-refractivity contribution in [2.24, 2.45) is 16.1 Å². The van der Waals surface area contributed by atoms with Crippen LogP contribution in [-0.2, 0) is 15.1 Å². The molecule has 1 unspecified atom stereocenters. The average molecular weight is 386 g/mol. The van der Waals surface area contributed by atoms with Crippen LogP contribution in [0.1, 0.15) is 26.3 Å². The van der Waals surface area contributed by atoms with E-state index in [4.69, 9.17) is 10.8 Å². The number of hydrogen-bond donors (Lipinski definition) is 3. The molecule has 0 spiro atoms. The van der Waals surface area contributed by atoms with Gasteiger partial charge in [0.1, 0.15) is 5.54 Å². The van der Waals surface area contributed by atoms with E-state index in [1.54, 1.807) is 26.8 Å². The number of nitrogens with one attached hydrogen (secondary N) is 1. The van der Waals surface area contributed by atoms with Crippen LogP contribution in [0.5, 0.6) is 0 Å². The van der Waals surface area contributed by atoms with Gasteiger partial charge < -0.3 is 16.2 Å². The summed E-state index contributed by atoms with van der Waals surface area (Å²) in [5, 5.41) is 11.2. The number of hydrogen-bond acceptors (Lipinski definition) is 5. The van der Waals surface area contributed by atoms with Gasteiger partial charge in [0.25, 0.3) is 5.91 Å². The summed E-state index contributed by atoms with van der Waals surface area (Å²) in [4.78, 5) is 30.1. The van der Waals surface area contributed by atoms with E-state index in [-0.39, 0.29) is 17.6 Å². The van der Waals surface area contributed by atoms with Crippen LogP contribution in [0.15, 0.2) is 29.3 Å². The van der Waals surface area contributed by atoms with Crippen molar-refractivity contribution >= 4 is 23.5 Å². The first-order valence-electron chi connectivity index (χ1n) is 8.02. The van der Waals surface area contributed by atoms with Crippen molar-refractivity contribution in [2.45, 2.75) is 38.6 Å². The van der Waals surface area contributed by atoms with Gasteiger partial charge >= 0.3 is 6.18 Å². The van der Waals surface area contributed by atoms with Crippen molar-refractivity contribution in [3.63, 3.8) is 0 Å². The van der Waals surface area contributed by atoms with Crippen LogP contribution in [0.3, 0.4) is 0 Å². The minimum Gasteiger partial charge on any atom is -0.376 e. The summed E-state index contributed by atoms with van der Waals surface area (Å²) in [6.07, 6.45) is -8.28. The Hall–Kier alpha value is -2.62. The number of aliphatic hydroxyl groups is 1. The molecule has 27 heavy (non-hydrogen) atoms. The predicted octanol–water partition coefficient (Wildman–Crippen LogP) is 1.58. The Morgan fingerprint density at radius 3 is 2.41 bits per heavy atom. The van der Waals surface area contributed by atoms with Gasteiger partial charge in [-0.05, 0) is 26.8 Å². The molecule has 7 nitrogen and oxygen atoms in total. The lowest BCUT2D eigenvalue weighted by Crippen LogP contribution is -2.58. The van der Waals surface area contributed by atoms with Gasteiger partial charge in [0.15, 0.2) is 5.96 Å². The second-order valence-electron chi connectivity index (χ2n) is 7.01. The van der Waals surface area contributed by atoms with Crippen LogP contribution in [0, 0.1) is 5.41 Å². The van der Waals surface area contributed by atoms with Gasteiger partial charge in [-0.25, -0.2) is 4.99 Å². The molecule has 0 aromatic heterocycles. The number of para-hydroxylation sites is 1. The van der Waals surface area contributed by atoms with Gasteiger partial charge in [0.2, 0.25) is 12.0 Å². The molecular weight excluding hydrogens is 365 g/mol. The third-order valence-electron chi connectivity index (χ3n) is 5.01. The summed E-state index contributed by atoms with van der Waals surface area (Å²) in [5.74, 6) is -2.03. The van der Waals surface area contributed by atoms with E-state index in [0.29, 0.717) is 5.56 Å². The van der Waals surface area contributed by atoms with Crippen LogP contribution in [0.2, 0.25) is 0 Å². The van der Waals surface area contributed by atoms with E-state index in [1.807, 2.05) is 0 Å². The number of amides is 2. The number of anilines is 1. The lowest BCUT2D eigenvalue weighted by molar-refractivity contribution is -0.202. The Morgan fingerprint density at radius 2 is 1.85 bits per heavy atom. The normalized spacial score (nSPS) is 23.6. The number of aliphatic imine (C=N–C) groups is 1. The molecule has 1 aliphatic heterocycles. The van der Waals surface area contributed by atoms with Crippen LogP contribution in [0.25, 0.3) is 0 Å². The quantitative estimate of drug-likeness (QED) is 0.733. The molecule has 0 aliphatic carbocycles. The molecule has 2 amide bonds. The van der Waals surface area contributed by atoms with E-state index in [1.165, 1.54) is 30.1 Å². The number of nitrogens with two attached hydrogens (primary N) is 1. The Bertz CT molecular complexity index is 807. The van der Waals surface area contributed by atoms with Crippen molar-refractivity contribution in [3.05, 3.63) is 29.8 Å². The van der Waals surface area contributed by atoms with Crippen molar-refractivity contribution in [2.75, 3.05) is 12.4 Å². The standard InChI is InChI=1S/C17H21F3N4O3/c1-15(2)13(27)24(4)14(21)23-16(15,3)9-7-5-6-8-10(9)22-12(26)11(25)17(18,19)20/h5-8,11,25H,1-4H3,(H2,21,23)(H,22,26)/t11?,16-/m0/s1. The summed E-state index contributed by atoms with van der Waals surface area (Å²) >= 11 is 0. The maximum Gasteiger partial charge on any atom is 0.423 e. The first-order chi connectivity index (χ1) is 12.2. The van der Waals surface area contributed by atoms with E-state index >= 15 is 0 Å². The summed E-state index contributed by atoms with van der Waals surface area (Å²) in [6, 6.07) is 6.00. The highest BCUT2D eigenvalue weighted by molar-refractivity contribution is 6.02. The van der Waals surface area contributed by atoms with Crippen LogP contribution in [0.4, 0.5) is 18.9 Å². The lowest BCUT2D eigenvalue weighted by Gasteiger charge is -2.46. The number of nitrogens with zero attached hydrogens (tertiary/aromatic N) is 2. The van der Waals surface area contributed by atoms with E-state index in [2.05, 4.69) is 10.3 Å². The number of carbonyl (C=O) groups is 2. The van der Waals surface area contributed by atoms with Crippen LogP contribution >= 0.6 is 0 Å². The third kappa shape index (κ3) is 3.36. The van der Waals surface area contributed by atoms with Gasteiger partial charge in [-0.15, -0.1) is 0 Å². The zero-order chi connectivity index (χ0) is 20.8. The first kappa shape index (κ1) is 20.7. The highest BCUT2D eigenvalue weighted by Gasteiger charge is 2.53. The molecule has 4 N–H and O–H groups in total. The molecule has 148 valence electrons. The summed E-state index contributed by atoms with van der Waals surface area (Å²) < 4.78 is 37.8. The molecule has 2 atom stereocenters. The highest BCUT2D eigenvalue weighted by atomic mass is 19.4. The Morgan fingerprint density at radius 1 is 1.30 bits per heavy atom. The predicted molar refractivity (Wildman–Crippen MR) is 92.7 cm³/mol. The first-order valence-corrected chi connectivity index (χ1v) is 8.02. The number of aliphatic hydroxyl groups excluding tert-OH is 1. The molecule has 0 saturated heterocycles. The monoisotopic (exact) mass is 386 g/mol. The molecule has 0 saturated carbocycles. The molecule has 1 aliphatic rings. The second kappa shape index (κ2) is 6.52. The Kier molecular flexibility index (Phi) is 5.00. The fourth-order valence-corrected chi connectivity index (χ4v) is 2.94.